The second-order valence-corrected chi connectivity index (χ2v) is 5.82. The first kappa shape index (κ1) is 12.8. The number of hydrogen-bond acceptors (Lipinski definition) is 3. The lowest BCUT2D eigenvalue weighted by molar-refractivity contribution is -0.126. The highest BCUT2D eigenvalue weighted by molar-refractivity contribution is 5.82. The van der Waals surface area contributed by atoms with E-state index in [0.29, 0.717) is 19.0 Å². The molecule has 1 saturated heterocycles. The van der Waals surface area contributed by atoms with E-state index < -0.39 is 0 Å². The Balaban J connectivity index is 1.84. The zero-order valence-electron chi connectivity index (χ0n) is 10.9. The maximum absolute atomic E-state index is 12.1. The van der Waals surface area contributed by atoms with Gasteiger partial charge in [-0.3, -0.25) is 9.69 Å². The summed E-state index contributed by atoms with van der Waals surface area (Å²) in [6, 6.07) is 0.208. The van der Waals surface area contributed by atoms with Gasteiger partial charge in [-0.05, 0) is 32.2 Å². The van der Waals surface area contributed by atoms with Gasteiger partial charge >= 0.3 is 0 Å². The fourth-order valence-electron chi connectivity index (χ4n) is 3.14. The lowest BCUT2D eigenvalue weighted by Gasteiger charge is -2.29. The van der Waals surface area contributed by atoms with Crippen molar-refractivity contribution < 1.29 is 9.90 Å². The van der Waals surface area contributed by atoms with Gasteiger partial charge in [0.1, 0.15) is 0 Å². The molecule has 0 aromatic rings. The van der Waals surface area contributed by atoms with Crippen molar-refractivity contribution in [2.24, 2.45) is 5.92 Å². The van der Waals surface area contributed by atoms with Gasteiger partial charge in [-0.25, -0.2) is 0 Å². The van der Waals surface area contributed by atoms with Gasteiger partial charge in [-0.1, -0.05) is 19.8 Å². The van der Waals surface area contributed by atoms with E-state index in [1.165, 1.54) is 12.8 Å². The quantitative estimate of drug-likeness (QED) is 0.749. The Kier molecular flexibility index (Phi) is 4.05. The summed E-state index contributed by atoms with van der Waals surface area (Å²) >= 11 is 0. The number of aliphatic hydroxyl groups excluding tert-OH is 1. The number of nitrogens with one attached hydrogen (secondary N) is 1. The molecule has 2 N–H and O–H groups in total. The van der Waals surface area contributed by atoms with Gasteiger partial charge in [0, 0.05) is 12.6 Å². The summed E-state index contributed by atoms with van der Waals surface area (Å²) in [6.45, 7) is 2.86. The minimum atomic E-state index is -0.346. The van der Waals surface area contributed by atoms with Gasteiger partial charge in [0.2, 0.25) is 5.91 Å². The van der Waals surface area contributed by atoms with Crippen molar-refractivity contribution in [1.29, 1.82) is 0 Å². The Hall–Kier alpha value is -0.610. The molecule has 0 aromatic heterocycles. The zero-order valence-corrected chi connectivity index (χ0v) is 10.9. The maximum atomic E-state index is 12.1. The fourth-order valence-corrected chi connectivity index (χ4v) is 3.14. The highest BCUT2D eigenvalue weighted by Crippen LogP contribution is 2.24. The van der Waals surface area contributed by atoms with E-state index in [9.17, 15) is 9.90 Å². The van der Waals surface area contributed by atoms with Gasteiger partial charge in [0.05, 0.1) is 12.1 Å². The SMILES string of the molecule is CC1CCCC(NC(=O)C2C[C@@H](O)CN2C)C1. The molecule has 17 heavy (non-hydrogen) atoms. The molecule has 2 aliphatic rings. The number of rotatable bonds is 2. The molecule has 1 aliphatic carbocycles. The summed E-state index contributed by atoms with van der Waals surface area (Å²) < 4.78 is 0. The van der Waals surface area contributed by atoms with Crippen molar-refractivity contribution in [3.63, 3.8) is 0 Å². The van der Waals surface area contributed by atoms with Crippen LogP contribution in [0.25, 0.3) is 0 Å². The minimum absolute atomic E-state index is 0.100. The molecule has 0 aromatic carbocycles. The van der Waals surface area contributed by atoms with E-state index in [2.05, 4.69) is 12.2 Å². The Morgan fingerprint density at radius 3 is 2.71 bits per heavy atom. The van der Waals surface area contributed by atoms with Crippen molar-refractivity contribution in [2.45, 2.75) is 57.2 Å². The van der Waals surface area contributed by atoms with Crippen LogP contribution >= 0.6 is 0 Å². The molecule has 0 radical (unpaired) electrons. The van der Waals surface area contributed by atoms with E-state index in [1.807, 2.05) is 11.9 Å². The van der Waals surface area contributed by atoms with Crippen LogP contribution in [0.3, 0.4) is 0 Å². The molecule has 1 amide bonds. The zero-order chi connectivity index (χ0) is 12.4. The molecule has 0 bridgehead atoms. The highest BCUT2D eigenvalue weighted by Gasteiger charge is 2.34. The number of carbonyl (C=O) groups excluding carboxylic acids is 1. The van der Waals surface area contributed by atoms with Crippen LogP contribution in [0.15, 0.2) is 0 Å². The second-order valence-electron chi connectivity index (χ2n) is 5.82. The summed E-state index contributed by atoms with van der Waals surface area (Å²) in [4.78, 5) is 14.1. The molecule has 2 rings (SSSR count). The lowest BCUT2D eigenvalue weighted by atomic mass is 9.87. The number of aliphatic hydroxyl groups is 1. The molecule has 1 saturated carbocycles. The predicted octanol–water partition coefficient (Wildman–Crippen LogP) is 0.746. The number of carbonyl (C=O) groups is 1. The van der Waals surface area contributed by atoms with Gasteiger partial charge < -0.3 is 10.4 Å². The molecule has 0 spiro atoms. The number of likely N-dealkylation sites (N-methyl/N-ethyl adjacent to an activating group) is 1. The molecule has 4 heteroatoms. The summed E-state index contributed by atoms with van der Waals surface area (Å²) in [5, 5.41) is 12.7. The lowest BCUT2D eigenvalue weighted by Crippen LogP contribution is -2.47. The van der Waals surface area contributed by atoms with Gasteiger partial charge in [0.15, 0.2) is 0 Å². The molecular formula is C13H24N2O2. The number of β-amino-alcohol motifs (C(OH)–C–C–N with tert-alkyl or cyclic N) is 1. The number of nitrogens with zero attached hydrogens (tertiary/aromatic N) is 1. The van der Waals surface area contributed by atoms with Gasteiger partial charge in [-0.2, -0.15) is 0 Å². The van der Waals surface area contributed by atoms with Crippen molar-refractivity contribution in [2.75, 3.05) is 13.6 Å². The maximum Gasteiger partial charge on any atom is 0.237 e. The Labute approximate surface area is 103 Å². The van der Waals surface area contributed by atoms with Crippen LogP contribution in [0.2, 0.25) is 0 Å². The van der Waals surface area contributed by atoms with E-state index in [-0.39, 0.29) is 18.1 Å². The van der Waals surface area contributed by atoms with Crippen molar-refractivity contribution in [1.82, 2.24) is 10.2 Å². The van der Waals surface area contributed by atoms with E-state index in [1.54, 1.807) is 0 Å². The molecule has 1 heterocycles. The Morgan fingerprint density at radius 1 is 1.35 bits per heavy atom. The molecule has 3 unspecified atom stereocenters. The third-order valence-corrected chi connectivity index (χ3v) is 4.11. The first-order valence-corrected chi connectivity index (χ1v) is 6.75. The fraction of sp³-hybridized carbons (Fsp3) is 0.923. The molecule has 98 valence electrons. The Morgan fingerprint density at radius 2 is 2.12 bits per heavy atom. The first-order chi connectivity index (χ1) is 8.06. The molecule has 2 fully saturated rings. The smallest absolute Gasteiger partial charge is 0.237 e. The number of likely N-dealkylation sites (tertiary alicyclic amines) is 1. The number of hydrogen-bond donors (Lipinski definition) is 2. The standard InChI is InChI=1S/C13H24N2O2/c1-9-4-3-5-10(6-9)14-13(17)12-7-11(16)8-15(12)2/h9-12,16H,3-8H2,1-2H3,(H,14,17)/t9?,10?,11-,12?/m1/s1. The second kappa shape index (κ2) is 5.36. The molecule has 4 nitrogen and oxygen atoms in total. The van der Waals surface area contributed by atoms with Crippen LogP contribution in [0.4, 0.5) is 0 Å². The highest BCUT2D eigenvalue weighted by atomic mass is 16.3. The van der Waals surface area contributed by atoms with Gasteiger partial charge in [-0.15, -0.1) is 0 Å². The Bertz CT molecular complexity index is 283. The van der Waals surface area contributed by atoms with Crippen LogP contribution < -0.4 is 5.32 Å². The van der Waals surface area contributed by atoms with E-state index >= 15 is 0 Å². The normalized spacial score (nSPS) is 39.2. The summed E-state index contributed by atoms with van der Waals surface area (Å²) in [5.41, 5.74) is 0. The predicted molar refractivity (Wildman–Crippen MR) is 66.6 cm³/mol. The van der Waals surface area contributed by atoms with E-state index in [0.717, 1.165) is 18.8 Å². The minimum Gasteiger partial charge on any atom is -0.392 e. The van der Waals surface area contributed by atoms with Gasteiger partial charge in [0.25, 0.3) is 0 Å². The van der Waals surface area contributed by atoms with Crippen LogP contribution in [0, 0.1) is 5.92 Å². The molecular weight excluding hydrogens is 216 g/mol. The summed E-state index contributed by atoms with van der Waals surface area (Å²) in [5.74, 6) is 0.823. The third kappa shape index (κ3) is 3.19. The van der Waals surface area contributed by atoms with E-state index in [4.69, 9.17) is 0 Å². The third-order valence-electron chi connectivity index (χ3n) is 4.11. The average Bonchev–Trinajstić information content (AvgIpc) is 2.58. The van der Waals surface area contributed by atoms with Crippen LogP contribution in [0.1, 0.15) is 39.0 Å². The molecule has 1 aliphatic heterocycles. The van der Waals surface area contributed by atoms with Crippen molar-refractivity contribution in [3.05, 3.63) is 0 Å². The van der Waals surface area contributed by atoms with Crippen LogP contribution in [-0.4, -0.2) is 47.7 Å². The largest absolute Gasteiger partial charge is 0.392 e. The van der Waals surface area contributed by atoms with Crippen LogP contribution in [-0.2, 0) is 4.79 Å². The monoisotopic (exact) mass is 240 g/mol. The van der Waals surface area contributed by atoms with Crippen molar-refractivity contribution in [3.8, 4) is 0 Å². The van der Waals surface area contributed by atoms with Crippen LogP contribution in [0.5, 0.6) is 0 Å². The number of amides is 1. The molecule has 4 atom stereocenters. The topological polar surface area (TPSA) is 52.6 Å². The first-order valence-electron chi connectivity index (χ1n) is 6.75. The summed E-state index contributed by atoms with van der Waals surface area (Å²) in [7, 11) is 1.91. The summed E-state index contributed by atoms with van der Waals surface area (Å²) in [6.07, 6.45) is 4.94. The van der Waals surface area contributed by atoms with Crippen molar-refractivity contribution >= 4 is 5.91 Å². The average molecular weight is 240 g/mol.